The zero-order valence-electron chi connectivity index (χ0n) is 19.0. The van der Waals surface area contributed by atoms with E-state index in [1.807, 2.05) is 36.4 Å². The van der Waals surface area contributed by atoms with Gasteiger partial charge in [0.2, 0.25) is 11.1 Å². The summed E-state index contributed by atoms with van der Waals surface area (Å²) in [5.41, 5.74) is 3.83. The Hall–Kier alpha value is -3.01. The molecule has 9 heteroatoms. The number of hydrogen-bond donors (Lipinski definition) is 1. The van der Waals surface area contributed by atoms with Gasteiger partial charge in [-0.05, 0) is 24.6 Å². The van der Waals surface area contributed by atoms with Crippen LogP contribution in [0.1, 0.15) is 12.0 Å². The summed E-state index contributed by atoms with van der Waals surface area (Å²) in [4.78, 5) is 19.5. The van der Waals surface area contributed by atoms with E-state index in [9.17, 15) is 4.79 Å². The molecule has 0 radical (unpaired) electrons. The van der Waals surface area contributed by atoms with Crippen LogP contribution in [0.5, 0.6) is 0 Å². The first kappa shape index (κ1) is 22.8. The number of amides is 1. The number of para-hydroxylation sites is 1. The van der Waals surface area contributed by atoms with E-state index in [4.69, 9.17) is 9.72 Å². The molecular weight excluding hydrogens is 448 g/mol. The third-order valence-electron chi connectivity index (χ3n) is 5.95. The fourth-order valence-corrected chi connectivity index (χ4v) is 4.82. The third kappa shape index (κ3) is 5.38. The summed E-state index contributed by atoms with van der Waals surface area (Å²) in [7, 11) is 0. The van der Waals surface area contributed by atoms with Crippen molar-refractivity contribution in [2.45, 2.75) is 18.1 Å². The van der Waals surface area contributed by atoms with Crippen molar-refractivity contribution >= 4 is 39.7 Å². The molecule has 176 valence electrons. The van der Waals surface area contributed by atoms with Crippen LogP contribution >= 0.6 is 11.8 Å². The van der Waals surface area contributed by atoms with E-state index in [1.165, 1.54) is 17.3 Å². The number of benzene rings is 2. The molecule has 0 spiro atoms. The van der Waals surface area contributed by atoms with Crippen molar-refractivity contribution in [3.63, 3.8) is 0 Å². The van der Waals surface area contributed by atoms with Crippen LogP contribution in [0.15, 0.2) is 59.8 Å². The Kier molecular flexibility index (Phi) is 7.33. The van der Waals surface area contributed by atoms with E-state index in [2.05, 4.69) is 43.2 Å². The van der Waals surface area contributed by atoms with Crippen LogP contribution in [0.2, 0.25) is 0 Å². The summed E-state index contributed by atoms with van der Waals surface area (Å²) in [6, 6.07) is 18.5. The molecule has 34 heavy (non-hydrogen) atoms. The number of nitrogens with one attached hydrogen (secondary N) is 1. The average molecular weight is 477 g/mol. The van der Waals surface area contributed by atoms with Gasteiger partial charge in [0.05, 0.1) is 24.5 Å². The molecule has 2 aromatic carbocycles. The highest BCUT2D eigenvalue weighted by atomic mass is 32.2. The number of nitrogens with zero attached hydrogens (tertiary/aromatic N) is 5. The Labute approximate surface area is 202 Å². The third-order valence-corrected chi connectivity index (χ3v) is 6.79. The number of fused-ring (bicyclic) bond motifs is 3. The molecule has 1 aliphatic rings. The zero-order chi connectivity index (χ0) is 23.2. The Balaban J connectivity index is 1.24. The van der Waals surface area contributed by atoms with Gasteiger partial charge in [-0.3, -0.25) is 9.69 Å². The van der Waals surface area contributed by atoms with Crippen molar-refractivity contribution in [1.29, 1.82) is 0 Å². The van der Waals surface area contributed by atoms with Crippen LogP contribution in [0.3, 0.4) is 0 Å². The van der Waals surface area contributed by atoms with E-state index in [1.54, 1.807) is 0 Å². The molecule has 1 fully saturated rings. The maximum Gasteiger partial charge on any atom is 0.230 e. The van der Waals surface area contributed by atoms with Gasteiger partial charge >= 0.3 is 0 Å². The van der Waals surface area contributed by atoms with Crippen LogP contribution in [0, 0.1) is 0 Å². The molecule has 1 saturated heterocycles. The average Bonchev–Trinajstić information content (AvgIpc) is 3.19. The van der Waals surface area contributed by atoms with E-state index in [0.29, 0.717) is 18.2 Å². The first-order valence-corrected chi connectivity index (χ1v) is 12.6. The van der Waals surface area contributed by atoms with Gasteiger partial charge < -0.3 is 14.6 Å². The molecule has 2 aromatic heterocycles. The van der Waals surface area contributed by atoms with Gasteiger partial charge in [0.15, 0.2) is 5.65 Å². The SMILES string of the molecule is O=C(CSc1nnc2c3ccccc3n(Cc3ccccc3)c2n1)NCCCN1CCOCC1. The molecule has 1 amide bonds. The van der Waals surface area contributed by atoms with Crippen LogP contribution in [0.25, 0.3) is 22.1 Å². The first-order valence-electron chi connectivity index (χ1n) is 11.6. The number of ether oxygens (including phenoxy) is 1. The molecule has 5 rings (SSSR count). The lowest BCUT2D eigenvalue weighted by Gasteiger charge is -2.26. The van der Waals surface area contributed by atoms with E-state index < -0.39 is 0 Å². The number of aromatic nitrogens is 4. The second-order valence-electron chi connectivity index (χ2n) is 8.30. The number of thioether (sulfide) groups is 1. The summed E-state index contributed by atoms with van der Waals surface area (Å²) in [5.74, 6) is 0.254. The number of hydrogen-bond acceptors (Lipinski definition) is 7. The fourth-order valence-electron chi connectivity index (χ4n) is 4.21. The van der Waals surface area contributed by atoms with Gasteiger partial charge in [0.25, 0.3) is 0 Å². The van der Waals surface area contributed by atoms with Crippen LogP contribution in [0.4, 0.5) is 0 Å². The van der Waals surface area contributed by atoms with Gasteiger partial charge in [-0.15, -0.1) is 10.2 Å². The van der Waals surface area contributed by atoms with Gasteiger partial charge in [-0.25, -0.2) is 4.98 Å². The molecule has 4 aromatic rings. The smallest absolute Gasteiger partial charge is 0.230 e. The van der Waals surface area contributed by atoms with Gasteiger partial charge in [0.1, 0.15) is 5.52 Å². The summed E-state index contributed by atoms with van der Waals surface area (Å²) in [6.45, 7) is 5.87. The summed E-state index contributed by atoms with van der Waals surface area (Å²) >= 11 is 1.32. The number of carbonyl (C=O) groups is 1. The number of carbonyl (C=O) groups excluding carboxylic acids is 1. The predicted octanol–water partition coefficient (Wildman–Crippen LogP) is 2.96. The second-order valence-corrected chi connectivity index (χ2v) is 9.24. The van der Waals surface area contributed by atoms with E-state index in [-0.39, 0.29) is 11.7 Å². The van der Waals surface area contributed by atoms with Crippen molar-refractivity contribution in [2.24, 2.45) is 0 Å². The lowest BCUT2D eigenvalue weighted by atomic mass is 10.2. The lowest BCUT2D eigenvalue weighted by Crippen LogP contribution is -2.38. The van der Waals surface area contributed by atoms with Crippen molar-refractivity contribution in [2.75, 3.05) is 45.1 Å². The topological polar surface area (TPSA) is 85.2 Å². The summed E-state index contributed by atoms with van der Waals surface area (Å²) < 4.78 is 7.54. The normalized spacial score (nSPS) is 14.6. The molecule has 0 unspecified atom stereocenters. The largest absolute Gasteiger partial charge is 0.379 e. The van der Waals surface area contributed by atoms with E-state index in [0.717, 1.165) is 61.3 Å². The fraction of sp³-hybridized carbons (Fsp3) is 0.360. The highest BCUT2D eigenvalue weighted by Gasteiger charge is 2.16. The highest BCUT2D eigenvalue weighted by Crippen LogP contribution is 2.28. The maximum absolute atomic E-state index is 12.3. The minimum atomic E-state index is -0.0134. The Morgan fingerprint density at radius 1 is 1.03 bits per heavy atom. The lowest BCUT2D eigenvalue weighted by molar-refractivity contribution is -0.118. The van der Waals surface area contributed by atoms with Crippen molar-refractivity contribution in [1.82, 2.24) is 30.0 Å². The van der Waals surface area contributed by atoms with Crippen molar-refractivity contribution in [3.8, 4) is 0 Å². The molecular formula is C25H28N6O2S. The minimum Gasteiger partial charge on any atom is -0.379 e. The number of rotatable bonds is 9. The van der Waals surface area contributed by atoms with Gasteiger partial charge in [-0.1, -0.05) is 60.3 Å². The van der Waals surface area contributed by atoms with Crippen molar-refractivity contribution in [3.05, 3.63) is 60.2 Å². The minimum absolute atomic E-state index is 0.0134. The second kappa shape index (κ2) is 10.9. The summed E-state index contributed by atoms with van der Waals surface area (Å²) in [5, 5.41) is 13.3. The zero-order valence-corrected chi connectivity index (χ0v) is 19.8. The van der Waals surface area contributed by atoms with E-state index >= 15 is 0 Å². The highest BCUT2D eigenvalue weighted by molar-refractivity contribution is 7.99. The molecule has 1 aliphatic heterocycles. The predicted molar refractivity (Wildman–Crippen MR) is 134 cm³/mol. The first-order chi connectivity index (χ1) is 16.8. The maximum atomic E-state index is 12.3. The Morgan fingerprint density at radius 2 is 1.82 bits per heavy atom. The number of morpholine rings is 1. The molecule has 0 aliphatic carbocycles. The molecule has 3 heterocycles. The monoisotopic (exact) mass is 476 g/mol. The van der Waals surface area contributed by atoms with Crippen molar-refractivity contribution < 1.29 is 9.53 Å². The van der Waals surface area contributed by atoms with Crippen LogP contribution < -0.4 is 5.32 Å². The molecule has 0 bridgehead atoms. The van der Waals surface area contributed by atoms with Gasteiger partial charge in [0, 0.05) is 31.6 Å². The quantitative estimate of drug-likeness (QED) is 0.294. The Morgan fingerprint density at radius 3 is 2.68 bits per heavy atom. The standard InChI is InChI=1S/C25H28N6O2S/c32-22(26-11-6-12-30-13-15-33-16-14-30)18-34-25-27-24-23(28-29-25)20-9-4-5-10-21(20)31(24)17-19-7-2-1-3-8-19/h1-5,7-10H,6,11-18H2,(H,26,32). The molecule has 0 saturated carbocycles. The molecule has 1 N–H and O–H groups in total. The van der Waals surface area contributed by atoms with Crippen LogP contribution in [-0.2, 0) is 16.1 Å². The summed E-state index contributed by atoms with van der Waals surface area (Å²) in [6.07, 6.45) is 0.931. The van der Waals surface area contributed by atoms with Crippen LogP contribution in [-0.4, -0.2) is 75.7 Å². The molecule has 0 atom stereocenters. The Bertz CT molecular complexity index is 1260. The molecule has 8 nitrogen and oxygen atoms in total. The van der Waals surface area contributed by atoms with Gasteiger partial charge in [-0.2, -0.15) is 0 Å².